The van der Waals surface area contributed by atoms with E-state index in [2.05, 4.69) is 20.9 Å². The third-order valence-electron chi connectivity index (χ3n) is 2.72. The van der Waals surface area contributed by atoms with Gasteiger partial charge in [-0.1, -0.05) is 0 Å². The van der Waals surface area contributed by atoms with Crippen molar-refractivity contribution in [2.75, 3.05) is 35.2 Å². The molecule has 1 aliphatic heterocycles. The molecular weight excluding hydrogens is 306 g/mol. The molecule has 1 saturated heterocycles. The lowest BCUT2D eigenvalue weighted by Crippen LogP contribution is -2.28. The summed E-state index contributed by atoms with van der Waals surface area (Å²) < 4.78 is 23.8. The van der Waals surface area contributed by atoms with Crippen LogP contribution >= 0.6 is 15.9 Å². The fourth-order valence-corrected chi connectivity index (χ4v) is 3.48. The van der Waals surface area contributed by atoms with Gasteiger partial charge in [-0.05, 0) is 28.4 Å². The van der Waals surface area contributed by atoms with E-state index < -0.39 is 9.84 Å². The molecule has 17 heavy (non-hydrogen) atoms. The largest absolute Gasteiger partial charge is 0.396 e. The number of aromatic nitrogens is 1. The smallest absolute Gasteiger partial charge is 0.152 e. The van der Waals surface area contributed by atoms with Crippen LogP contribution in [-0.2, 0) is 9.84 Å². The second-order valence-electron chi connectivity index (χ2n) is 4.06. The maximum atomic E-state index is 11.5. The van der Waals surface area contributed by atoms with E-state index in [4.69, 9.17) is 5.73 Å². The van der Waals surface area contributed by atoms with Crippen LogP contribution in [0, 0.1) is 0 Å². The van der Waals surface area contributed by atoms with Gasteiger partial charge in [-0.25, -0.2) is 13.4 Å². The van der Waals surface area contributed by atoms with Crippen molar-refractivity contribution in [1.29, 1.82) is 0 Å². The summed E-state index contributed by atoms with van der Waals surface area (Å²) in [7, 11) is -2.90. The van der Waals surface area contributed by atoms with Gasteiger partial charge < -0.3 is 10.6 Å². The summed E-state index contributed by atoms with van der Waals surface area (Å²) in [5.74, 6) is 1.09. The van der Waals surface area contributed by atoms with Gasteiger partial charge in [0.25, 0.3) is 0 Å². The number of nitrogens with zero attached hydrogens (tertiary/aromatic N) is 2. The van der Waals surface area contributed by atoms with Gasteiger partial charge in [0.05, 0.1) is 17.2 Å². The first-order valence-electron chi connectivity index (χ1n) is 5.34. The van der Waals surface area contributed by atoms with Crippen LogP contribution in [0.5, 0.6) is 0 Å². The van der Waals surface area contributed by atoms with Crippen LogP contribution < -0.4 is 10.6 Å². The molecule has 0 saturated carbocycles. The topological polar surface area (TPSA) is 76.3 Å². The molecule has 1 fully saturated rings. The van der Waals surface area contributed by atoms with Crippen LogP contribution in [0.1, 0.15) is 6.42 Å². The summed E-state index contributed by atoms with van der Waals surface area (Å²) in [5.41, 5.74) is 6.46. The third kappa shape index (κ3) is 3.10. The molecule has 1 aromatic rings. The van der Waals surface area contributed by atoms with Crippen LogP contribution in [0.25, 0.3) is 0 Å². The standard InChI is InChI=1S/C10H14BrN3O2S/c11-8-6-9(12)10(13-7-8)14-2-1-4-17(15,16)5-3-14/h6-7H,1-5,12H2. The highest BCUT2D eigenvalue weighted by molar-refractivity contribution is 9.10. The number of hydrogen-bond donors (Lipinski definition) is 1. The minimum atomic E-state index is -2.90. The quantitative estimate of drug-likeness (QED) is 0.837. The number of pyridine rings is 1. The van der Waals surface area contributed by atoms with E-state index >= 15 is 0 Å². The SMILES string of the molecule is Nc1cc(Br)cnc1N1CCCS(=O)(=O)CC1. The Labute approximate surface area is 109 Å². The summed E-state index contributed by atoms with van der Waals surface area (Å²) in [5, 5.41) is 0. The Hall–Kier alpha value is -0.820. The van der Waals surface area contributed by atoms with E-state index in [1.807, 2.05) is 4.90 Å². The molecule has 1 aromatic heterocycles. The lowest BCUT2D eigenvalue weighted by atomic mass is 10.3. The van der Waals surface area contributed by atoms with Crippen molar-refractivity contribution in [2.24, 2.45) is 0 Å². The summed E-state index contributed by atoms with van der Waals surface area (Å²) in [4.78, 5) is 6.19. The van der Waals surface area contributed by atoms with Crippen molar-refractivity contribution >= 4 is 37.3 Å². The lowest BCUT2D eigenvalue weighted by Gasteiger charge is -2.22. The Kier molecular flexibility index (Phi) is 3.58. The van der Waals surface area contributed by atoms with Crippen LogP contribution in [0.15, 0.2) is 16.7 Å². The van der Waals surface area contributed by atoms with Gasteiger partial charge in [0.1, 0.15) is 0 Å². The Balaban J connectivity index is 2.23. The predicted octanol–water partition coefficient (Wildman–Crippen LogP) is 1.05. The first-order valence-corrected chi connectivity index (χ1v) is 7.96. The zero-order valence-electron chi connectivity index (χ0n) is 9.26. The normalized spacial score (nSPS) is 19.9. The van der Waals surface area contributed by atoms with Gasteiger partial charge in [0, 0.05) is 23.8 Å². The highest BCUT2D eigenvalue weighted by Gasteiger charge is 2.21. The van der Waals surface area contributed by atoms with E-state index in [0.29, 0.717) is 31.0 Å². The Morgan fingerprint density at radius 3 is 2.82 bits per heavy atom. The second kappa shape index (κ2) is 4.81. The number of halogens is 1. The number of nitrogen functional groups attached to an aromatic ring is 1. The maximum absolute atomic E-state index is 11.5. The number of hydrogen-bond acceptors (Lipinski definition) is 5. The van der Waals surface area contributed by atoms with Crippen LogP contribution in [-0.4, -0.2) is 38.0 Å². The van der Waals surface area contributed by atoms with Gasteiger partial charge >= 0.3 is 0 Å². The third-order valence-corrected chi connectivity index (χ3v) is 4.87. The van der Waals surface area contributed by atoms with Gasteiger partial charge in [-0.3, -0.25) is 0 Å². The minimum absolute atomic E-state index is 0.171. The molecule has 94 valence electrons. The van der Waals surface area contributed by atoms with Crippen molar-refractivity contribution in [3.8, 4) is 0 Å². The average Bonchev–Trinajstić information content (AvgIpc) is 2.40. The van der Waals surface area contributed by atoms with Crippen molar-refractivity contribution < 1.29 is 8.42 Å². The van der Waals surface area contributed by atoms with E-state index in [1.165, 1.54) is 0 Å². The van der Waals surface area contributed by atoms with Crippen molar-refractivity contribution in [1.82, 2.24) is 4.98 Å². The Morgan fingerprint density at radius 1 is 1.35 bits per heavy atom. The van der Waals surface area contributed by atoms with E-state index in [9.17, 15) is 8.42 Å². The molecule has 1 aliphatic rings. The Morgan fingerprint density at radius 2 is 2.12 bits per heavy atom. The molecule has 0 spiro atoms. The molecule has 0 atom stereocenters. The maximum Gasteiger partial charge on any atom is 0.152 e. The number of nitrogens with two attached hydrogens (primary N) is 1. The highest BCUT2D eigenvalue weighted by atomic mass is 79.9. The van der Waals surface area contributed by atoms with Gasteiger partial charge in [0.15, 0.2) is 15.7 Å². The van der Waals surface area contributed by atoms with Crippen LogP contribution in [0.2, 0.25) is 0 Å². The summed E-state index contributed by atoms with van der Waals surface area (Å²) >= 11 is 3.30. The van der Waals surface area contributed by atoms with Crippen molar-refractivity contribution in [2.45, 2.75) is 6.42 Å². The molecule has 7 heteroatoms. The first kappa shape index (κ1) is 12.6. The summed E-state index contributed by atoms with van der Waals surface area (Å²) in [6.45, 7) is 1.14. The van der Waals surface area contributed by atoms with E-state index in [1.54, 1.807) is 12.3 Å². The predicted molar refractivity (Wildman–Crippen MR) is 71.8 cm³/mol. The Bertz CT molecular complexity index is 518. The molecule has 0 aromatic carbocycles. The molecule has 2 N–H and O–H groups in total. The van der Waals surface area contributed by atoms with Crippen molar-refractivity contribution in [3.63, 3.8) is 0 Å². The molecule has 0 bridgehead atoms. The molecule has 5 nitrogen and oxygen atoms in total. The van der Waals surface area contributed by atoms with Crippen molar-refractivity contribution in [3.05, 3.63) is 16.7 Å². The summed E-state index contributed by atoms with van der Waals surface area (Å²) in [6.07, 6.45) is 2.30. The van der Waals surface area contributed by atoms with Gasteiger partial charge in [-0.15, -0.1) is 0 Å². The van der Waals surface area contributed by atoms with Gasteiger partial charge in [0.2, 0.25) is 0 Å². The van der Waals surface area contributed by atoms with E-state index in [0.717, 1.165) is 4.47 Å². The zero-order chi connectivity index (χ0) is 12.5. The van der Waals surface area contributed by atoms with Gasteiger partial charge in [-0.2, -0.15) is 0 Å². The highest BCUT2D eigenvalue weighted by Crippen LogP contribution is 2.24. The summed E-state index contributed by atoms with van der Waals surface area (Å²) in [6, 6.07) is 1.78. The molecule has 0 radical (unpaired) electrons. The fraction of sp³-hybridized carbons (Fsp3) is 0.500. The number of sulfone groups is 1. The first-order chi connectivity index (χ1) is 7.98. The van der Waals surface area contributed by atoms with E-state index in [-0.39, 0.29) is 11.5 Å². The average molecular weight is 320 g/mol. The molecule has 0 amide bonds. The number of rotatable bonds is 1. The minimum Gasteiger partial charge on any atom is -0.396 e. The molecular formula is C10H14BrN3O2S. The molecule has 0 unspecified atom stereocenters. The number of anilines is 2. The molecule has 2 rings (SSSR count). The molecule has 0 aliphatic carbocycles. The zero-order valence-corrected chi connectivity index (χ0v) is 11.7. The van der Waals surface area contributed by atoms with Crippen LogP contribution in [0.3, 0.4) is 0 Å². The lowest BCUT2D eigenvalue weighted by molar-refractivity contribution is 0.597. The van der Waals surface area contributed by atoms with Crippen LogP contribution in [0.4, 0.5) is 11.5 Å². The molecule has 2 heterocycles. The second-order valence-corrected chi connectivity index (χ2v) is 7.28. The monoisotopic (exact) mass is 319 g/mol. The fourth-order valence-electron chi connectivity index (χ4n) is 1.86.